The van der Waals surface area contributed by atoms with E-state index < -0.39 is 22.0 Å². The number of methoxy groups -OCH3 is 1. The van der Waals surface area contributed by atoms with Crippen LogP contribution in [0.3, 0.4) is 0 Å². The number of ether oxygens (including phenoxy) is 1. The Morgan fingerprint density at radius 2 is 1.61 bits per heavy atom. The van der Waals surface area contributed by atoms with E-state index in [1.165, 1.54) is 7.11 Å². The first kappa shape index (κ1) is 28.1. The van der Waals surface area contributed by atoms with Gasteiger partial charge in [0.25, 0.3) is 0 Å². The number of aromatic nitrogens is 2. The Kier molecular flexibility index (Phi) is 7.92. The van der Waals surface area contributed by atoms with E-state index in [0.717, 1.165) is 39.0 Å². The van der Waals surface area contributed by atoms with Crippen molar-refractivity contribution < 1.29 is 17.9 Å². The highest BCUT2D eigenvalue weighted by Gasteiger charge is 2.29. The summed E-state index contributed by atoms with van der Waals surface area (Å²) in [5.41, 5.74) is 7.71. The summed E-state index contributed by atoms with van der Waals surface area (Å²) in [6.45, 7) is 5.42. The summed E-state index contributed by atoms with van der Waals surface area (Å²) in [6.07, 6.45) is 0.143. The number of imidazole rings is 1. The van der Waals surface area contributed by atoms with Gasteiger partial charge in [0.05, 0.1) is 23.0 Å². The van der Waals surface area contributed by atoms with Gasteiger partial charge < -0.3 is 15.0 Å². The quantitative estimate of drug-likeness (QED) is 0.189. The van der Waals surface area contributed by atoms with Crippen LogP contribution in [0.2, 0.25) is 0 Å². The van der Waals surface area contributed by atoms with E-state index in [1.807, 2.05) is 91.9 Å². The van der Waals surface area contributed by atoms with Gasteiger partial charge in [-0.25, -0.2) is 13.4 Å². The van der Waals surface area contributed by atoms with Gasteiger partial charge in [0.1, 0.15) is 6.04 Å². The lowest BCUT2D eigenvalue weighted by Crippen LogP contribution is -2.43. The minimum absolute atomic E-state index is 0.143. The van der Waals surface area contributed by atoms with E-state index in [2.05, 4.69) is 20.0 Å². The number of anilines is 2. The molecule has 0 aliphatic heterocycles. The lowest BCUT2D eigenvalue weighted by molar-refractivity contribution is -0.142. The smallest absolute Gasteiger partial charge is 0.324 e. The fourth-order valence-corrected chi connectivity index (χ4v) is 6.78. The molecule has 0 saturated carbocycles. The van der Waals surface area contributed by atoms with Crippen molar-refractivity contribution in [1.29, 1.82) is 0 Å². The molecule has 0 unspecified atom stereocenters. The van der Waals surface area contributed by atoms with E-state index in [0.29, 0.717) is 17.1 Å². The van der Waals surface area contributed by atoms with Crippen molar-refractivity contribution in [2.24, 2.45) is 0 Å². The number of aryl methyl sites for hydroxylation is 3. The molecular weight excluding hydrogens is 536 g/mol. The van der Waals surface area contributed by atoms with Crippen LogP contribution in [-0.2, 0) is 26.0 Å². The largest absolute Gasteiger partial charge is 0.468 e. The highest BCUT2D eigenvalue weighted by Crippen LogP contribution is 2.26. The highest BCUT2D eigenvalue weighted by molar-refractivity contribution is 7.89. The van der Waals surface area contributed by atoms with Crippen LogP contribution >= 0.6 is 0 Å². The molecule has 0 spiro atoms. The number of nitrogens with zero attached hydrogens (tertiary/aromatic N) is 1. The van der Waals surface area contributed by atoms with Gasteiger partial charge in [-0.05, 0) is 79.3 Å². The van der Waals surface area contributed by atoms with E-state index in [4.69, 9.17) is 4.74 Å². The summed E-state index contributed by atoms with van der Waals surface area (Å²) in [5, 5.41) is 3.32. The fourth-order valence-electron chi connectivity index (χ4n) is 5.15. The molecule has 5 aromatic rings. The zero-order valence-corrected chi connectivity index (χ0v) is 24.2. The van der Waals surface area contributed by atoms with Crippen LogP contribution in [0.15, 0.2) is 89.8 Å². The number of para-hydroxylation sites is 2. The van der Waals surface area contributed by atoms with Gasteiger partial charge in [-0.3, -0.25) is 4.79 Å². The number of carbonyl (C=O) groups is 1. The lowest BCUT2D eigenvalue weighted by Gasteiger charge is -2.19. The minimum atomic E-state index is -3.97. The molecule has 3 N–H and O–H groups in total. The monoisotopic (exact) mass is 568 g/mol. The van der Waals surface area contributed by atoms with Crippen LogP contribution in [0.25, 0.3) is 22.2 Å². The summed E-state index contributed by atoms with van der Waals surface area (Å²) in [7, 11) is -2.72. The molecule has 8 nitrogen and oxygen atoms in total. The van der Waals surface area contributed by atoms with Crippen LogP contribution in [0.1, 0.15) is 22.3 Å². The van der Waals surface area contributed by atoms with Crippen LogP contribution in [0, 0.1) is 20.8 Å². The number of aromatic amines is 1. The van der Waals surface area contributed by atoms with E-state index in [1.54, 1.807) is 13.8 Å². The Hall–Kier alpha value is -4.47. The molecule has 4 aromatic carbocycles. The Morgan fingerprint density at radius 1 is 0.902 bits per heavy atom. The second-order valence-corrected chi connectivity index (χ2v) is 11.8. The van der Waals surface area contributed by atoms with Crippen molar-refractivity contribution in [2.75, 3.05) is 12.4 Å². The first-order valence-corrected chi connectivity index (χ1v) is 14.7. The van der Waals surface area contributed by atoms with Crippen molar-refractivity contribution in [1.82, 2.24) is 14.7 Å². The third kappa shape index (κ3) is 6.32. The van der Waals surface area contributed by atoms with Gasteiger partial charge in [-0.1, -0.05) is 66.2 Å². The molecule has 0 aliphatic rings. The van der Waals surface area contributed by atoms with Crippen LogP contribution in [0.4, 0.5) is 11.6 Å². The Labute approximate surface area is 239 Å². The van der Waals surface area contributed by atoms with Crippen molar-refractivity contribution >= 4 is 38.7 Å². The number of H-pyrrole nitrogens is 1. The molecule has 210 valence electrons. The maximum absolute atomic E-state index is 13.3. The van der Waals surface area contributed by atoms with E-state index in [-0.39, 0.29) is 11.3 Å². The number of nitrogens with one attached hydrogen (secondary N) is 3. The van der Waals surface area contributed by atoms with Crippen molar-refractivity contribution in [2.45, 2.75) is 38.1 Å². The zero-order valence-electron chi connectivity index (χ0n) is 23.4. The average molecular weight is 569 g/mol. The van der Waals surface area contributed by atoms with Crippen molar-refractivity contribution in [3.05, 3.63) is 107 Å². The van der Waals surface area contributed by atoms with Crippen LogP contribution < -0.4 is 10.0 Å². The molecule has 41 heavy (non-hydrogen) atoms. The predicted octanol–water partition coefficient (Wildman–Crippen LogP) is 5.96. The SMILES string of the molecule is COC(=O)[C@H](Cc1ccc(-c2cccc(Nc3nc4ccccc4[nH]3)c2)cc1)NS(=O)(=O)c1c(C)cc(C)cc1C. The number of hydrogen-bond donors (Lipinski definition) is 3. The summed E-state index contributed by atoms with van der Waals surface area (Å²) >= 11 is 0. The first-order chi connectivity index (χ1) is 19.6. The lowest BCUT2D eigenvalue weighted by atomic mass is 10.0. The second-order valence-electron chi connectivity index (χ2n) is 10.1. The zero-order chi connectivity index (χ0) is 29.1. The standard InChI is InChI=1S/C32H32N4O4S/c1-20-16-21(2)30(22(3)17-20)41(38,39)36-29(31(37)40-4)18-23-12-14-24(15-13-23)25-8-7-9-26(19-25)33-32-34-27-10-5-6-11-28(27)35-32/h5-17,19,29,36H,18H2,1-4H3,(H2,33,34,35)/t29-/m0/s1. The molecule has 0 saturated heterocycles. The van der Waals surface area contributed by atoms with E-state index in [9.17, 15) is 13.2 Å². The molecule has 1 aromatic heterocycles. The number of fused-ring (bicyclic) bond motifs is 1. The Morgan fingerprint density at radius 3 is 2.29 bits per heavy atom. The number of benzene rings is 4. The maximum Gasteiger partial charge on any atom is 0.324 e. The van der Waals surface area contributed by atoms with Gasteiger partial charge in [0.15, 0.2) is 0 Å². The molecule has 1 atom stereocenters. The molecule has 0 radical (unpaired) electrons. The predicted molar refractivity (Wildman–Crippen MR) is 162 cm³/mol. The second kappa shape index (κ2) is 11.6. The average Bonchev–Trinajstić information content (AvgIpc) is 3.34. The highest BCUT2D eigenvalue weighted by atomic mass is 32.2. The van der Waals surface area contributed by atoms with E-state index >= 15 is 0 Å². The third-order valence-electron chi connectivity index (χ3n) is 6.90. The number of carbonyl (C=O) groups excluding carboxylic acids is 1. The minimum Gasteiger partial charge on any atom is -0.468 e. The van der Waals surface area contributed by atoms with Crippen LogP contribution in [0.5, 0.6) is 0 Å². The number of esters is 1. The number of rotatable bonds is 9. The van der Waals surface area contributed by atoms with Gasteiger partial charge in [0.2, 0.25) is 16.0 Å². The normalized spacial score (nSPS) is 12.3. The van der Waals surface area contributed by atoms with Crippen molar-refractivity contribution in [3.8, 4) is 11.1 Å². The van der Waals surface area contributed by atoms with Gasteiger partial charge in [-0.15, -0.1) is 0 Å². The number of sulfonamides is 1. The fraction of sp³-hybridized carbons (Fsp3) is 0.188. The molecule has 0 fully saturated rings. The third-order valence-corrected chi connectivity index (χ3v) is 8.67. The molecule has 0 amide bonds. The summed E-state index contributed by atoms with van der Waals surface area (Å²) < 4.78 is 34.2. The molecule has 9 heteroatoms. The van der Waals surface area contributed by atoms with Gasteiger partial charge >= 0.3 is 5.97 Å². The molecule has 1 heterocycles. The topological polar surface area (TPSA) is 113 Å². The molecule has 5 rings (SSSR count). The Balaban J connectivity index is 1.33. The van der Waals surface area contributed by atoms with Crippen molar-refractivity contribution in [3.63, 3.8) is 0 Å². The molecule has 0 aliphatic carbocycles. The van der Waals surface area contributed by atoms with Gasteiger partial charge in [-0.2, -0.15) is 4.72 Å². The summed E-state index contributed by atoms with van der Waals surface area (Å²) in [5.74, 6) is 0.00968. The van der Waals surface area contributed by atoms with Crippen LogP contribution in [-0.4, -0.2) is 37.5 Å². The maximum atomic E-state index is 13.3. The molecule has 0 bridgehead atoms. The number of hydrogen-bond acceptors (Lipinski definition) is 6. The van der Waals surface area contributed by atoms with Gasteiger partial charge in [0, 0.05) is 5.69 Å². The summed E-state index contributed by atoms with van der Waals surface area (Å²) in [6, 6.07) is 26.0. The molecular formula is C32H32N4O4S. The first-order valence-electron chi connectivity index (χ1n) is 13.2. The summed E-state index contributed by atoms with van der Waals surface area (Å²) in [4.78, 5) is 20.6. The Bertz CT molecular complexity index is 1770.